The maximum atomic E-state index is 12.5. The Labute approximate surface area is 152 Å². The molecule has 0 aliphatic rings. The van der Waals surface area contributed by atoms with Crippen molar-refractivity contribution in [3.05, 3.63) is 95.6 Å². The molecule has 3 aromatic carbocycles. The fourth-order valence-corrected chi connectivity index (χ4v) is 3.23. The van der Waals surface area contributed by atoms with Gasteiger partial charge in [-0.05, 0) is 31.2 Å². The number of nitrogens with zero attached hydrogens (tertiary/aromatic N) is 1. The van der Waals surface area contributed by atoms with Crippen LogP contribution in [0.1, 0.15) is 16.7 Å². The Balaban J connectivity index is 2.00. The Morgan fingerprint density at radius 1 is 0.885 bits per heavy atom. The van der Waals surface area contributed by atoms with Crippen LogP contribution >= 0.6 is 0 Å². The average molecular weight is 366 g/mol. The molecule has 0 spiro atoms. The highest BCUT2D eigenvalue weighted by atomic mass is 32.2. The standard InChI is InChI=1S/C20H18N2O3S/c1-15-10-12-19(13-11-15)26(24,25)22-21-20(16-6-3-2-4-7-16)17-8-5-9-18(23)14-17/h2-14,22-23H,1H3/b21-20+. The molecule has 0 saturated heterocycles. The van der Waals surface area contributed by atoms with Gasteiger partial charge in [0.05, 0.1) is 10.6 Å². The van der Waals surface area contributed by atoms with E-state index in [1.807, 2.05) is 37.3 Å². The second-order valence-corrected chi connectivity index (χ2v) is 7.45. The van der Waals surface area contributed by atoms with E-state index in [0.29, 0.717) is 11.3 Å². The number of benzene rings is 3. The smallest absolute Gasteiger partial charge is 0.276 e. The third-order valence-electron chi connectivity index (χ3n) is 3.78. The van der Waals surface area contributed by atoms with E-state index < -0.39 is 10.0 Å². The van der Waals surface area contributed by atoms with Gasteiger partial charge < -0.3 is 5.11 Å². The molecule has 0 aliphatic heterocycles. The van der Waals surface area contributed by atoms with E-state index in [9.17, 15) is 13.5 Å². The van der Waals surface area contributed by atoms with Crippen molar-refractivity contribution < 1.29 is 13.5 Å². The fraction of sp³-hybridized carbons (Fsp3) is 0.0500. The van der Waals surface area contributed by atoms with E-state index >= 15 is 0 Å². The van der Waals surface area contributed by atoms with Crippen molar-refractivity contribution in [2.45, 2.75) is 11.8 Å². The summed E-state index contributed by atoms with van der Waals surface area (Å²) in [6.45, 7) is 1.89. The van der Waals surface area contributed by atoms with Crippen molar-refractivity contribution in [1.29, 1.82) is 0 Å². The third-order valence-corrected chi connectivity index (χ3v) is 5.00. The molecule has 132 valence electrons. The summed E-state index contributed by atoms with van der Waals surface area (Å²) in [7, 11) is -3.80. The van der Waals surface area contributed by atoms with E-state index in [0.717, 1.165) is 11.1 Å². The van der Waals surface area contributed by atoms with Gasteiger partial charge in [0.15, 0.2) is 0 Å². The Kier molecular flexibility index (Phi) is 5.04. The minimum Gasteiger partial charge on any atom is -0.508 e. The molecule has 0 atom stereocenters. The lowest BCUT2D eigenvalue weighted by atomic mass is 10.0. The first-order valence-electron chi connectivity index (χ1n) is 7.97. The number of hydrazone groups is 1. The van der Waals surface area contributed by atoms with Gasteiger partial charge in [0.1, 0.15) is 5.75 Å². The molecule has 0 aromatic heterocycles. The molecule has 5 nitrogen and oxygen atoms in total. The Hall–Kier alpha value is -3.12. The topological polar surface area (TPSA) is 78.8 Å². The molecule has 3 rings (SSSR count). The molecule has 0 amide bonds. The van der Waals surface area contributed by atoms with Crippen LogP contribution in [0.3, 0.4) is 0 Å². The molecule has 0 bridgehead atoms. The largest absolute Gasteiger partial charge is 0.508 e. The number of sulfonamides is 1. The van der Waals surface area contributed by atoms with Crippen molar-refractivity contribution in [2.75, 3.05) is 0 Å². The van der Waals surface area contributed by atoms with Gasteiger partial charge in [-0.3, -0.25) is 0 Å². The van der Waals surface area contributed by atoms with Crippen LogP contribution in [0.25, 0.3) is 0 Å². The van der Waals surface area contributed by atoms with Crippen LogP contribution in [0, 0.1) is 6.92 Å². The zero-order chi connectivity index (χ0) is 18.6. The summed E-state index contributed by atoms with van der Waals surface area (Å²) in [4.78, 5) is 2.42. The van der Waals surface area contributed by atoms with Crippen LogP contribution in [0.15, 0.2) is 88.9 Å². The normalized spacial score (nSPS) is 12.0. The molecule has 0 saturated carbocycles. The van der Waals surface area contributed by atoms with Crippen molar-refractivity contribution >= 4 is 15.7 Å². The van der Waals surface area contributed by atoms with Crippen molar-refractivity contribution in [2.24, 2.45) is 5.10 Å². The van der Waals surface area contributed by atoms with E-state index in [2.05, 4.69) is 9.93 Å². The minimum atomic E-state index is -3.80. The van der Waals surface area contributed by atoms with E-state index in [1.165, 1.54) is 18.2 Å². The number of phenolic OH excluding ortho intramolecular Hbond substituents is 1. The summed E-state index contributed by atoms with van der Waals surface area (Å²) in [5.74, 6) is 0.0764. The van der Waals surface area contributed by atoms with Gasteiger partial charge in [-0.2, -0.15) is 18.4 Å². The highest BCUT2D eigenvalue weighted by Crippen LogP contribution is 2.17. The predicted octanol–water partition coefficient (Wildman–Crippen LogP) is 3.43. The van der Waals surface area contributed by atoms with E-state index in [4.69, 9.17) is 0 Å². The molecular formula is C20H18N2O3S. The van der Waals surface area contributed by atoms with Crippen LogP contribution < -0.4 is 4.83 Å². The minimum absolute atomic E-state index is 0.0764. The lowest BCUT2D eigenvalue weighted by Gasteiger charge is -2.10. The van der Waals surface area contributed by atoms with Crippen LogP contribution in [0.2, 0.25) is 0 Å². The predicted molar refractivity (Wildman–Crippen MR) is 102 cm³/mol. The van der Waals surface area contributed by atoms with Crippen molar-refractivity contribution in [3.63, 3.8) is 0 Å². The summed E-state index contributed by atoms with van der Waals surface area (Å²) in [6.07, 6.45) is 0. The Morgan fingerprint density at radius 3 is 2.19 bits per heavy atom. The van der Waals surface area contributed by atoms with Gasteiger partial charge in [0.25, 0.3) is 10.0 Å². The monoisotopic (exact) mass is 366 g/mol. The molecule has 3 aromatic rings. The summed E-state index contributed by atoms with van der Waals surface area (Å²) in [5, 5.41) is 13.9. The molecule has 0 radical (unpaired) electrons. The molecular weight excluding hydrogens is 348 g/mol. The second-order valence-electron chi connectivity index (χ2n) is 5.78. The van der Waals surface area contributed by atoms with Gasteiger partial charge in [0, 0.05) is 11.1 Å². The number of rotatable bonds is 5. The van der Waals surface area contributed by atoms with Crippen LogP contribution in [0.5, 0.6) is 5.75 Å². The number of nitrogens with one attached hydrogen (secondary N) is 1. The molecule has 0 heterocycles. The van der Waals surface area contributed by atoms with Crippen molar-refractivity contribution in [1.82, 2.24) is 4.83 Å². The summed E-state index contributed by atoms with van der Waals surface area (Å²) in [6, 6.07) is 22.2. The summed E-state index contributed by atoms with van der Waals surface area (Å²) >= 11 is 0. The quantitative estimate of drug-likeness (QED) is 0.536. The third kappa shape index (κ3) is 4.10. The first-order chi connectivity index (χ1) is 12.5. The summed E-state index contributed by atoms with van der Waals surface area (Å²) in [5.41, 5.74) is 2.71. The number of aromatic hydroxyl groups is 1. The number of aryl methyl sites for hydroxylation is 1. The second kappa shape index (κ2) is 7.41. The Bertz CT molecular complexity index is 1030. The summed E-state index contributed by atoms with van der Waals surface area (Å²) < 4.78 is 25.0. The highest BCUT2D eigenvalue weighted by molar-refractivity contribution is 7.89. The lowest BCUT2D eigenvalue weighted by Crippen LogP contribution is -2.21. The van der Waals surface area contributed by atoms with Gasteiger partial charge >= 0.3 is 0 Å². The highest BCUT2D eigenvalue weighted by Gasteiger charge is 2.14. The first kappa shape index (κ1) is 17.7. The first-order valence-corrected chi connectivity index (χ1v) is 9.45. The van der Waals surface area contributed by atoms with Gasteiger partial charge in [-0.25, -0.2) is 0 Å². The van der Waals surface area contributed by atoms with Crippen LogP contribution in [-0.4, -0.2) is 19.2 Å². The number of hydrogen-bond acceptors (Lipinski definition) is 4. The maximum Gasteiger partial charge on any atom is 0.276 e. The molecule has 26 heavy (non-hydrogen) atoms. The van der Waals surface area contributed by atoms with Crippen molar-refractivity contribution in [3.8, 4) is 5.75 Å². The lowest BCUT2D eigenvalue weighted by molar-refractivity contribution is 0.475. The maximum absolute atomic E-state index is 12.5. The van der Waals surface area contributed by atoms with E-state index in [1.54, 1.807) is 30.3 Å². The van der Waals surface area contributed by atoms with Gasteiger partial charge in [-0.1, -0.05) is 60.2 Å². The molecule has 6 heteroatoms. The molecule has 2 N–H and O–H groups in total. The Morgan fingerprint density at radius 2 is 1.54 bits per heavy atom. The average Bonchev–Trinajstić information content (AvgIpc) is 2.63. The molecule has 0 aliphatic carbocycles. The number of phenols is 1. The molecule has 0 fully saturated rings. The zero-order valence-electron chi connectivity index (χ0n) is 14.1. The fourth-order valence-electron chi connectivity index (χ4n) is 2.42. The molecule has 0 unspecified atom stereocenters. The van der Waals surface area contributed by atoms with Gasteiger partial charge in [-0.15, -0.1) is 0 Å². The SMILES string of the molecule is Cc1ccc(S(=O)(=O)N/N=C(\c2ccccc2)c2cccc(O)c2)cc1. The van der Waals surface area contributed by atoms with E-state index in [-0.39, 0.29) is 10.6 Å². The van der Waals surface area contributed by atoms with Crippen LogP contribution in [-0.2, 0) is 10.0 Å². The van der Waals surface area contributed by atoms with Gasteiger partial charge in [0.2, 0.25) is 0 Å². The number of hydrogen-bond donors (Lipinski definition) is 2. The van der Waals surface area contributed by atoms with Crippen LogP contribution in [0.4, 0.5) is 0 Å². The zero-order valence-corrected chi connectivity index (χ0v) is 14.9.